The predicted molar refractivity (Wildman–Crippen MR) is 106 cm³/mol. The maximum Gasteiger partial charge on any atom is 0.255 e. The second-order valence-electron chi connectivity index (χ2n) is 7.35. The number of carbonyl (C=O) groups excluding carboxylic acids is 2. The van der Waals surface area contributed by atoms with Gasteiger partial charge >= 0.3 is 0 Å². The van der Waals surface area contributed by atoms with Crippen molar-refractivity contribution in [1.29, 1.82) is 0 Å². The summed E-state index contributed by atoms with van der Waals surface area (Å²) in [5.74, 6) is -0.868. The maximum atomic E-state index is 12.8. The lowest BCUT2D eigenvalue weighted by Gasteiger charge is -2.37. The molecule has 2 aliphatic heterocycles. The number of aromatic nitrogens is 1. The molecule has 1 N–H and O–H groups in total. The molecule has 0 atom stereocenters. The molecule has 0 bridgehead atoms. The van der Waals surface area contributed by atoms with E-state index in [1.54, 1.807) is 11.0 Å². The molecule has 2 aromatic rings. The third-order valence-corrected chi connectivity index (χ3v) is 5.42. The van der Waals surface area contributed by atoms with Gasteiger partial charge in [0.15, 0.2) is 5.79 Å². The van der Waals surface area contributed by atoms with Crippen LogP contribution in [-0.2, 0) is 15.9 Å². The smallest absolute Gasteiger partial charge is 0.255 e. The van der Waals surface area contributed by atoms with Crippen molar-refractivity contribution in [3.05, 3.63) is 65.5 Å². The van der Waals surface area contributed by atoms with Crippen molar-refractivity contribution >= 4 is 11.8 Å². The van der Waals surface area contributed by atoms with Crippen LogP contribution >= 0.6 is 0 Å². The van der Waals surface area contributed by atoms with Gasteiger partial charge in [0.2, 0.25) is 0 Å². The summed E-state index contributed by atoms with van der Waals surface area (Å²) in [6.45, 7) is 2.87. The standard InChI is InChI=1S/C22H25N3O4/c26-20(24-9-6-17-4-2-1-3-5-17)18-14-19(16-23-15-18)21(27)25-10-7-22(8-11-25)28-12-13-29-22/h1-5,14-16H,6-13H2,(H,24,26). The van der Waals surface area contributed by atoms with Crippen LogP contribution in [0.25, 0.3) is 0 Å². The van der Waals surface area contributed by atoms with Crippen LogP contribution in [0, 0.1) is 0 Å². The molecule has 4 rings (SSSR count). The minimum Gasteiger partial charge on any atom is -0.352 e. The maximum absolute atomic E-state index is 12.8. The molecule has 1 aromatic carbocycles. The lowest BCUT2D eigenvalue weighted by Crippen LogP contribution is -2.47. The molecule has 0 unspecified atom stereocenters. The summed E-state index contributed by atoms with van der Waals surface area (Å²) in [5, 5.41) is 2.89. The number of amides is 2. The molecular weight excluding hydrogens is 370 g/mol. The summed E-state index contributed by atoms with van der Waals surface area (Å²) in [6.07, 6.45) is 5.06. The van der Waals surface area contributed by atoms with Crippen molar-refractivity contribution in [2.24, 2.45) is 0 Å². The second kappa shape index (κ2) is 8.71. The van der Waals surface area contributed by atoms with E-state index in [1.807, 2.05) is 30.3 Å². The van der Waals surface area contributed by atoms with E-state index >= 15 is 0 Å². The Morgan fingerprint density at radius 1 is 1.03 bits per heavy atom. The SMILES string of the molecule is O=C(NCCc1ccccc1)c1cncc(C(=O)N2CCC3(CC2)OCCO3)c1. The van der Waals surface area contributed by atoms with Gasteiger partial charge in [0.05, 0.1) is 24.3 Å². The molecule has 152 valence electrons. The lowest BCUT2D eigenvalue weighted by atomic mass is 10.0. The zero-order valence-corrected chi connectivity index (χ0v) is 16.3. The number of benzene rings is 1. The first kappa shape index (κ1) is 19.5. The fraction of sp³-hybridized carbons (Fsp3) is 0.409. The van der Waals surface area contributed by atoms with Gasteiger partial charge < -0.3 is 19.7 Å². The Bertz CT molecular complexity index is 855. The number of likely N-dealkylation sites (tertiary alicyclic amines) is 1. The number of hydrogen-bond donors (Lipinski definition) is 1. The summed E-state index contributed by atoms with van der Waals surface area (Å²) < 4.78 is 11.4. The number of piperidine rings is 1. The molecule has 2 saturated heterocycles. The number of rotatable bonds is 5. The van der Waals surface area contributed by atoms with Gasteiger partial charge in [-0.25, -0.2) is 0 Å². The molecule has 0 aliphatic carbocycles. The average Bonchev–Trinajstić information content (AvgIpc) is 3.22. The summed E-state index contributed by atoms with van der Waals surface area (Å²) in [5.41, 5.74) is 1.97. The van der Waals surface area contributed by atoms with Crippen LogP contribution in [0.1, 0.15) is 39.1 Å². The highest BCUT2D eigenvalue weighted by Crippen LogP contribution is 2.31. The summed E-state index contributed by atoms with van der Waals surface area (Å²) in [4.78, 5) is 31.2. The molecule has 1 spiro atoms. The van der Waals surface area contributed by atoms with Crippen molar-refractivity contribution < 1.29 is 19.1 Å². The molecule has 29 heavy (non-hydrogen) atoms. The van der Waals surface area contributed by atoms with Crippen LogP contribution in [0.4, 0.5) is 0 Å². The highest BCUT2D eigenvalue weighted by atomic mass is 16.7. The van der Waals surface area contributed by atoms with Crippen LogP contribution in [0.2, 0.25) is 0 Å². The minimum atomic E-state index is -0.518. The van der Waals surface area contributed by atoms with Crippen LogP contribution in [0.3, 0.4) is 0 Å². The summed E-state index contributed by atoms with van der Waals surface area (Å²) >= 11 is 0. The van der Waals surface area contributed by atoms with Gasteiger partial charge in [0.25, 0.3) is 11.8 Å². The number of nitrogens with one attached hydrogen (secondary N) is 1. The second-order valence-corrected chi connectivity index (χ2v) is 7.35. The van der Waals surface area contributed by atoms with Gasteiger partial charge in [0, 0.05) is 44.9 Å². The van der Waals surface area contributed by atoms with Crippen LogP contribution in [0.5, 0.6) is 0 Å². The van der Waals surface area contributed by atoms with Crippen molar-refractivity contribution in [1.82, 2.24) is 15.2 Å². The van der Waals surface area contributed by atoms with Gasteiger partial charge in [0.1, 0.15) is 0 Å². The largest absolute Gasteiger partial charge is 0.352 e. The van der Waals surface area contributed by atoms with Crippen molar-refractivity contribution in [2.75, 3.05) is 32.8 Å². The Labute approximate surface area is 170 Å². The zero-order valence-electron chi connectivity index (χ0n) is 16.3. The first-order valence-corrected chi connectivity index (χ1v) is 10.00. The molecule has 2 fully saturated rings. The first-order chi connectivity index (χ1) is 14.2. The fourth-order valence-electron chi connectivity index (χ4n) is 3.77. The third kappa shape index (κ3) is 4.63. The van der Waals surface area contributed by atoms with Crippen molar-refractivity contribution in [3.8, 4) is 0 Å². The summed E-state index contributed by atoms with van der Waals surface area (Å²) in [7, 11) is 0. The molecule has 7 heteroatoms. The van der Waals surface area contributed by atoms with E-state index in [4.69, 9.17) is 9.47 Å². The Morgan fingerprint density at radius 2 is 1.72 bits per heavy atom. The predicted octanol–water partition coefficient (Wildman–Crippen LogP) is 2.03. The van der Waals surface area contributed by atoms with Crippen LogP contribution in [-0.4, -0.2) is 60.3 Å². The van der Waals surface area contributed by atoms with Gasteiger partial charge in [-0.15, -0.1) is 0 Å². The van der Waals surface area contributed by atoms with Crippen molar-refractivity contribution in [2.45, 2.75) is 25.0 Å². The Kier molecular flexibility index (Phi) is 5.87. The Hall–Kier alpha value is -2.77. The van der Waals surface area contributed by atoms with Gasteiger partial charge in [-0.3, -0.25) is 14.6 Å². The van der Waals surface area contributed by atoms with E-state index in [2.05, 4.69) is 10.3 Å². The van der Waals surface area contributed by atoms with E-state index in [0.29, 0.717) is 56.8 Å². The molecule has 3 heterocycles. The number of pyridine rings is 1. The molecule has 0 saturated carbocycles. The van der Waals surface area contributed by atoms with Crippen molar-refractivity contribution in [3.63, 3.8) is 0 Å². The number of nitrogens with zero attached hydrogens (tertiary/aromatic N) is 2. The number of ether oxygens (including phenoxy) is 2. The molecule has 7 nitrogen and oxygen atoms in total. The first-order valence-electron chi connectivity index (χ1n) is 10.00. The Morgan fingerprint density at radius 3 is 2.45 bits per heavy atom. The molecule has 2 amide bonds. The highest BCUT2D eigenvalue weighted by Gasteiger charge is 2.40. The molecular formula is C22H25N3O4. The highest BCUT2D eigenvalue weighted by molar-refractivity contribution is 5.99. The zero-order chi connectivity index (χ0) is 20.1. The normalized spacial score (nSPS) is 18.0. The lowest BCUT2D eigenvalue weighted by molar-refractivity contribution is -0.181. The van der Waals surface area contributed by atoms with Gasteiger partial charge in [-0.1, -0.05) is 30.3 Å². The van der Waals surface area contributed by atoms with Crippen LogP contribution < -0.4 is 5.32 Å². The van der Waals surface area contributed by atoms with E-state index in [1.165, 1.54) is 12.4 Å². The average molecular weight is 395 g/mol. The quantitative estimate of drug-likeness (QED) is 0.838. The minimum absolute atomic E-state index is 0.121. The molecule has 1 aromatic heterocycles. The summed E-state index contributed by atoms with van der Waals surface area (Å²) in [6, 6.07) is 11.6. The molecule has 2 aliphatic rings. The van der Waals surface area contributed by atoms with Gasteiger partial charge in [-0.2, -0.15) is 0 Å². The van der Waals surface area contributed by atoms with Crippen LogP contribution in [0.15, 0.2) is 48.8 Å². The van der Waals surface area contributed by atoms with E-state index in [0.717, 1.165) is 12.0 Å². The number of hydrogen-bond acceptors (Lipinski definition) is 5. The monoisotopic (exact) mass is 395 g/mol. The number of carbonyl (C=O) groups is 2. The van der Waals surface area contributed by atoms with Gasteiger partial charge in [-0.05, 0) is 18.1 Å². The Balaban J connectivity index is 1.33. The van der Waals surface area contributed by atoms with E-state index < -0.39 is 5.79 Å². The van der Waals surface area contributed by atoms with E-state index in [9.17, 15) is 9.59 Å². The third-order valence-electron chi connectivity index (χ3n) is 5.42. The van der Waals surface area contributed by atoms with E-state index in [-0.39, 0.29) is 11.8 Å². The molecule has 0 radical (unpaired) electrons. The topological polar surface area (TPSA) is 80.8 Å². The fourth-order valence-corrected chi connectivity index (χ4v) is 3.77.